The van der Waals surface area contributed by atoms with E-state index in [-0.39, 0.29) is 6.79 Å². The second-order valence-corrected chi connectivity index (χ2v) is 4.47. The van der Waals surface area contributed by atoms with Gasteiger partial charge in [-0.05, 0) is 12.1 Å². The van der Waals surface area contributed by atoms with Gasteiger partial charge in [-0.1, -0.05) is 0 Å². The fourth-order valence-corrected chi connectivity index (χ4v) is 2.10. The number of carbonyl (C=O) groups is 1. The molecule has 0 unspecified atom stereocenters. The molecule has 1 aliphatic heterocycles. The Kier molecular flexibility index (Phi) is 2.75. The van der Waals surface area contributed by atoms with Gasteiger partial charge >= 0.3 is 6.03 Å². The molecular formula is C13H10N6O3. The molecule has 2 amide bonds. The van der Waals surface area contributed by atoms with E-state index in [0.717, 1.165) is 0 Å². The molecule has 3 heterocycles. The second-order valence-electron chi connectivity index (χ2n) is 4.47. The van der Waals surface area contributed by atoms with Crippen molar-refractivity contribution in [3.8, 4) is 11.5 Å². The molecular weight excluding hydrogens is 288 g/mol. The van der Waals surface area contributed by atoms with Crippen LogP contribution >= 0.6 is 0 Å². The zero-order valence-corrected chi connectivity index (χ0v) is 11.2. The summed E-state index contributed by atoms with van der Waals surface area (Å²) in [5, 5.41) is 5.34. The number of hydrogen-bond acceptors (Lipinski definition) is 6. The van der Waals surface area contributed by atoms with Gasteiger partial charge in [0.25, 0.3) is 0 Å². The molecule has 0 saturated heterocycles. The van der Waals surface area contributed by atoms with Crippen LogP contribution < -0.4 is 20.1 Å². The zero-order valence-electron chi connectivity index (χ0n) is 11.2. The highest BCUT2D eigenvalue weighted by Gasteiger charge is 2.15. The smallest absolute Gasteiger partial charge is 0.324 e. The van der Waals surface area contributed by atoms with Gasteiger partial charge in [-0.3, -0.25) is 5.32 Å². The maximum atomic E-state index is 12.1. The van der Waals surface area contributed by atoms with E-state index in [1.165, 1.54) is 12.7 Å². The number of hydrogen-bond donors (Lipinski definition) is 3. The molecule has 0 spiro atoms. The molecule has 22 heavy (non-hydrogen) atoms. The summed E-state index contributed by atoms with van der Waals surface area (Å²) in [4.78, 5) is 26.9. The van der Waals surface area contributed by atoms with Crippen molar-refractivity contribution in [2.24, 2.45) is 0 Å². The molecule has 3 N–H and O–H groups in total. The number of urea groups is 1. The summed E-state index contributed by atoms with van der Waals surface area (Å²) < 4.78 is 10.5. The lowest BCUT2D eigenvalue weighted by atomic mass is 10.3. The molecule has 3 aromatic rings. The predicted molar refractivity (Wildman–Crippen MR) is 76.9 cm³/mol. The number of aromatic amines is 1. The van der Waals surface area contributed by atoms with Crippen LogP contribution in [0.4, 0.5) is 16.3 Å². The molecule has 1 aliphatic rings. The van der Waals surface area contributed by atoms with E-state index in [1.807, 2.05) is 0 Å². The second kappa shape index (κ2) is 4.88. The maximum absolute atomic E-state index is 12.1. The van der Waals surface area contributed by atoms with Crippen molar-refractivity contribution < 1.29 is 14.3 Å². The number of rotatable bonds is 2. The molecule has 1 aromatic carbocycles. The summed E-state index contributed by atoms with van der Waals surface area (Å²) in [6.07, 6.45) is 2.82. The number of carbonyl (C=O) groups excluding carboxylic acids is 1. The van der Waals surface area contributed by atoms with Crippen LogP contribution in [-0.2, 0) is 0 Å². The van der Waals surface area contributed by atoms with E-state index in [0.29, 0.717) is 34.2 Å². The molecule has 0 saturated carbocycles. The van der Waals surface area contributed by atoms with Crippen LogP contribution in [-0.4, -0.2) is 32.8 Å². The summed E-state index contributed by atoms with van der Waals surface area (Å²) in [6, 6.07) is 4.70. The zero-order chi connectivity index (χ0) is 14.9. The van der Waals surface area contributed by atoms with Crippen molar-refractivity contribution in [3.05, 3.63) is 30.9 Å². The van der Waals surface area contributed by atoms with Gasteiger partial charge in [-0.25, -0.2) is 19.7 Å². The Hall–Kier alpha value is -3.36. The number of imidazole rings is 1. The van der Waals surface area contributed by atoms with E-state index < -0.39 is 6.03 Å². The fourth-order valence-electron chi connectivity index (χ4n) is 2.10. The highest BCUT2D eigenvalue weighted by Crippen LogP contribution is 2.34. The third kappa shape index (κ3) is 2.14. The first-order valence-corrected chi connectivity index (χ1v) is 6.41. The molecule has 2 aromatic heterocycles. The van der Waals surface area contributed by atoms with Crippen molar-refractivity contribution in [2.75, 3.05) is 17.4 Å². The van der Waals surface area contributed by atoms with Crippen LogP contribution in [0.2, 0.25) is 0 Å². The predicted octanol–water partition coefficient (Wildman–Crippen LogP) is 1.73. The summed E-state index contributed by atoms with van der Waals surface area (Å²) in [6.45, 7) is 0.184. The highest BCUT2D eigenvalue weighted by molar-refractivity contribution is 6.02. The summed E-state index contributed by atoms with van der Waals surface area (Å²) in [5.41, 5.74) is 1.62. The van der Waals surface area contributed by atoms with Gasteiger partial charge in [0, 0.05) is 11.8 Å². The number of anilines is 2. The Morgan fingerprint density at radius 3 is 3.00 bits per heavy atom. The molecule has 0 atom stereocenters. The molecule has 9 heteroatoms. The van der Waals surface area contributed by atoms with Crippen molar-refractivity contribution in [3.63, 3.8) is 0 Å². The quantitative estimate of drug-likeness (QED) is 0.663. The highest BCUT2D eigenvalue weighted by atomic mass is 16.7. The summed E-state index contributed by atoms with van der Waals surface area (Å²) in [7, 11) is 0. The number of fused-ring (bicyclic) bond motifs is 2. The molecule has 0 radical (unpaired) electrons. The van der Waals surface area contributed by atoms with Gasteiger partial charge < -0.3 is 19.8 Å². The van der Waals surface area contributed by atoms with E-state index >= 15 is 0 Å². The Morgan fingerprint density at radius 1 is 1.14 bits per heavy atom. The number of ether oxygens (including phenoxy) is 2. The lowest BCUT2D eigenvalue weighted by Gasteiger charge is -2.07. The Labute approximate surface area is 123 Å². The van der Waals surface area contributed by atoms with Crippen molar-refractivity contribution in [2.45, 2.75) is 0 Å². The minimum absolute atomic E-state index is 0.184. The van der Waals surface area contributed by atoms with Gasteiger partial charge in [0.1, 0.15) is 11.8 Å². The lowest BCUT2D eigenvalue weighted by molar-refractivity contribution is 0.174. The standard InChI is InChI=1S/C13H10N6O3/c20-13(18-7-1-2-8-9(3-7)22-6-21-8)19-12-10-11(15-4-14-10)16-5-17-12/h1-5H,6H2,(H3,14,15,16,17,18,19,20). The van der Waals surface area contributed by atoms with Crippen LogP contribution in [0.1, 0.15) is 0 Å². The average molecular weight is 298 g/mol. The van der Waals surface area contributed by atoms with Gasteiger partial charge in [0.2, 0.25) is 6.79 Å². The van der Waals surface area contributed by atoms with E-state index in [9.17, 15) is 4.79 Å². The molecule has 0 fully saturated rings. The summed E-state index contributed by atoms with van der Waals surface area (Å²) >= 11 is 0. The number of nitrogens with zero attached hydrogens (tertiary/aromatic N) is 3. The third-order valence-electron chi connectivity index (χ3n) is 3.09. The lowest BCUT2D eigenvalue weighted by Crippen LogP contribution is -2.20. The number of aromatic nitrogens is 4. The first-order chi connectivity index (χ1) is 10.8. The number of benzene rings is 1. The first-order valence-electron chi connectivity index (χ1n) is 6.41. The van der Waals surface area contributed by atoms with Crippen molar-refractivity contribution in [1.29, 1.82) is 0 Å². The largest absolute Gasteiger partial charge is 0.454 e. The number of nitrogens with one attached hydrogen (secondary N) is 3. The minimum atomic E-state index is -0.437. The first kappa shape index (κ1) is 12.4. The van der Waals surface area contributed by atoms with Crippen LogP contribution in [0.25, 0.3) is 11.2 Å². The van der Waals surface area contributed by atoms with Gasteiger partial charge in [-0.15, -0.1) is 0 Å². The monoisotopic (exact) mass is 298 g/mol. The molecule has 9 nitrogen and oxygen atoms in total. The Balaban J connectivity index is 1.52. The number of amides is 2. The molecule has 0 bridgehead atoms. The van der Waals surface area contributed by atoms with Crippen LogP contribution in [0.3, 0.4) is 0 Å². The topological polar surface area (TPSA) is 114 Å². The van der Waals surface area contributed by atoms with Gasteiger partial charge in [0.05, 0.1) is 6.33 Å². The van der Waals surface area contributed by atoms with Crippen molar-refractivity contribution >= 4 is 28.7 Å². The Bertz CT molecular complexity index is 862. The van der Waals surface area contributed by atoms with E-state index in [2.05, 4.69) is 30.6 Å². The van der Waals surface area contributed by atoms with Crippen molar-refractivity contribution in [1.82, 2.24) is 19.9 Å². The van der Waals surface area contributed by atoms with Crippen LogP contribution in [0.5, 0.6) is 11.5 Å². The molecule has 4 rings (SSSR count). The van der Waals surface area contributed by atoms with Gasteiger partial charge in [0.15, 0.2) is 23.0 Å². The molecule has 0 aliphatic carbocycles. The van der Waals surface area contributed by atoms with Crippen LogP contribution in [0, 0.1) is 0 Å². The number of H-pyrrole nitrogens is 1. The third-order valence-corrected chi connectivity index (χ3v) is 3.09. The molecule has 110 valence electrons. The maximum Gasteiger partial charge on any atom is 0.324 e. The minimum Gasteiger partial charge on any atom is -0.454 e. The SMILES string of the molecule is O=C(Nc1ccc2c(c1)OCO2)Nc1ncnc2nc[nH]c12. The van der Waals surface area contributed by atoms with Crippen LogP contribution in [0.15, 0.2) is 30.9 Å². The normalized spacial score (nSPS) is 12.4. The Morgan fingerprint density at radius 2 is 2.05 bits per heavy atom. The fraction of sp³-hybridized carbons (Fsp3) is 0.0769. The van der Waals surface area contributed by atoms with E-state index in [4.69, 9.17) is 9.47 Å². The van der Waals surface area contributed by atoms with Gasteiger partial charge in [-0.2, -0.15) is 0 Å². The van der Waals surface area contributed by atoms with E-state index in [1.54, 1.807) is 18.2 Å². The summed E-state index contributed by atoms with van der Waals surface area (Å²) in [5.74, 6) is 1.59. The average Bonchev–Trinajstić information content (AvgIpc) is 3.15.